The van der Waals surface area contributed by atoms with Gasteiger partial charge in [-0.3, -0.25) is 9.59 Å². The Hall–Kier alpha value is -3.12. The van der Waals surface area contributed by atoms with Crippen LogP contribution in [-0.4, -0.2) is 30.2 Å². The summed E-state index contributed by atoms with van der Waals surface area (Å²) in [6.45, 7) is 1.28. The number of pyridine rings is 1. The molecular formula is C21H20N2O4. The predicted octanol–water partition coefficient (Wildman–Crippen LogP) is 3.34. The molecular weight excluding hydrogens is 344 g/mol. The zero-order valence-corrected chi connectivity index (χ0v) is 14.7. The van der Waals surface area contributed by atoms with Crippen molar-refractivity contribution in [2.45, 2.75) is 18.9 Å². The number of hydrogen-bond acceptors (Lipinski definition) is 4. The van der Waals surface area contributed by atoms with Gasteiger partial charge < -0.3 is 19.8 Å². The SMILES string of the molecule is O=C(Nc1cccc(OC[C@@H]2CCCO2)c1)c1cc2ccccc2c(=O)[nH]1. The molecule has 1 amide bonds. The number of amides is 1. The Kier molecular flexibility index (Phi) is 4.89. The zero-order chi connectivity index (χ0) is 18.6. The highest BCUT2D eigenvalue weighted by Crippen LogP contribution is 2.20. The first kappa shape index (κ1) is 17.3. The van der Waals surface area contributed by atoms with Crippen LogP contribution in [0.1, 0.15) is 23.3 Å². The Morgan fingerprint density at radius 1 is 1.19 bits per heavy atom. The van der Waals surface area contributed by atoms with Gasteiger partial charge in [-0.15, -0.1) is 0 Å². The maximum atomic E-state index is 12.5. The number of H-pyrrole nitrogens is 1. The third-order valence-electron chi connectivity index (χ3n) is 4.55. The fourth-order valence-corrected chi connectivity index (χ4v) is 3.16. The fraction of sp³-hybridized carbons (Fsp3) is 0.238. The van der Waals surface area contributed by atoms with Gasteiger partial charge in [-0.25, -0.2) is 0 Å². The Morgan fingerprint density at radius 2 is 2.07 bits per heavy atom. The summed E-state index contributed by atoms with van der Waals surface area (Å²) in [4.78, 5) is 27.3. The minimum Gasteiger partial charge on any atom is -0.491 e. The number of rotatable bonds is 5. The summed E-state index contributed by atoms with van der Waals surface area (Å²) >= 11 is 0. The van der Waals surface area contributed by atoms with Crippen molar-refractivity contribution in [3.8, 4) is 5.75 Å². The first-order valence-corrected chi connectivity index (χ1v) is 8.97. The molecule has 1 aliphatic rings. The van der Waals surface area contributed by atoms with Crippen molar-refractivity contribution in [2.75, 3.05) is 18.5 Å². The second kappa shape index (κ2) is 7.63. The van der Waals surface area contributed by atoms with Crippen LogP contribution in [0.15, 0.2) is 59.4 Å². The molecule has 0 saturated carbocycles. The molecule has 1 aromatic heterocycles. The van der Waals surface area contributed by atoms with Crippen LogP contribution in [0.4, 0.5) is 5.69 Å². The van der Waals surface area contributed by atoms with E-state index in [9.17, 15) is 9.59 Å². The van der Waals surface area contributed by atoms with Gasteiger partial charge in [-0.1, -0.05) is 24.3 Å². The summed E-state index contributed by atoms with van der Waals surface area (Å²) < 4.78 is 11.3. The first-order valence-electron chi connectivity index (χ1n) is 8.97. The lowest BCUT2D eigenvalue weighted by Crippen LogP contribution is -2.19. The first-order chi connectivity index (χ1) is 13.2. The van der Waals surface area contributed by atoms with Gasteiger partial charge in [0.25, 0.3) is 11.5 Å². The third-order valence-corrected chi connectivity index (χ3v) is 4.55. The summed E-state index contributed by atoms with van der Waals surface area (Å²) in [5.74, 6) is 0.282. The molecule has 27 heavy (non-hydrogen) atoms. The molecule has 4 rings (SSSR count). The normalized spacial score (nSPS) is 16.4. The van der Waals surface area contributed by atoms with Crippen LogP contribution in [0.5, 0.6) is 5.75 Å². The standard InChI is InChI=1S/C21H20N2O4/c24-20-18-9-2-1-5-14(18)11-19(23-20)21(25)22-15-6-3-7-16(12-15)27-13-17-8-4-10-26-17/h1-3,5-7,9,11-12,17H,4,8,10,13H2,(H,22,25)(H,23,24)/t17-/m0/s1. The average Bonchev–Trinajstić information content (AvgIpc) is 3.20. The summed E-state index contributed by atoms with van der Waals surface area (Å²) in [6.07, 6.45) is 2.20. The average molecular weight is 364 g/mol. The molecule has 0 unspecified atom stereocenters. The van der Waals surface area contributed by atoms with Crippen LogP contribution < -0.4 is 15.6 Å². The molecule has 2 N–H and O–H groups in total. The minimum absolute atomic E-state index is 0.130. The van der Waals surface area contributed by atoms with Crippen molar-refractivity contribution in [2.24, 2.45) is 0 Å². The molecule has 0 spiro atoms. The maximum absolute atomic E-state index is 12.5. The summed E-state index contributed by atoms with van der Waals surface area (Å²) in [6, 6.07) is 16.0. The molecule has 1 fully saturated rings. The van der Waals surface area contributed by atoms with E-state index in [0.29, 0.717) is 23.4 Å². The van der Waals surface area contributed by atoms with Crippen molar-refractivity contribution in [3.63, 3.8) is 0 Å². The number of anilines is 1. The topological polar surface area (TPSA) is 80.4 Å². The van der Waals surface area contributed by atoms with Gasteiger partial charge in [0.15, 0.2) is 0 Å². The quantitative estimate of drug-likeness (QED) is 0.728. The van der Waals surface area contributed by atoms with Gasteiger partial charge in [0.1, 0.15) is 18.1 Å². The maximum Gasteiger partial charge on any atom is 0.272 e. The number of benzene rings is 2. The number of carbonyl (C=O) groups excluding carboxylic acids is 1. The highest BCUT2D eigenvalue weighted by molar-refractivity contribution is 6.04. The molecule has 6 heteroatoms. The molecule has 2 aromatic carbocycles. The van der Waals surface area contributed by atoms with Crippen molar-refractivity contribution in [1.29, 1.82) is 0 Å². The number of carbonyl (C=O) groups is 1. The Morgan fingerprint density at radius 3 is 2.93 bits per heavy atom. The molecule has 0 aliphatic carbocycles. The number of ether oxygens (including phenoxy) is 2. The highest BCUT2D eigenvalue weighted by Gasteiger charge is 2.16. The Bertz CT molecular complexity index is 1020. The van der Waals surface area contributed by atoms with E-state index in [4.69, 9.17) is 9.47 Å². The number of aromatic nitrogens is 1. The van der Waals surface area contributed by atoms with Crippen molar-refractivity contribution >= 4 is 22.4 Å². The van der Waals surface area contributed by atoms with Crippen LogP contribution >= 0.6 is 0 Å². The predicted molar refractivity (Wildman–Crippen MR) is 103 cm³/mol. The molecule has 1 atom stereocenters. The van der Waals surface area contributed by atoms with E-state index < -0.39 is 0 Å². The lowest BCUT2D eigenvalue weighted by molar-refractivity contribution is 0.0680. The fourth-order valence-electron chi connectivity index (χ4n) is 3.16. The van der Waals surface area contributed by atoms with E-state index in [1.807, 2.05) is 18.2 Å². The van der Waals surface area contributed by atoms with Crippen LogP contribution in [0.2, 0.25) is 0 Å². The van der Waals surface area contributed by atoms with Gasteiger partial charge in [0, 0.05) is 23.7 Å². The minimum atomic E-state index is -0.380. The zero-order valence-electron chi connectivity index (χ0n) is 14.7. The lowest BCUT2D eigenvalue weighted by Gasteiger charge is -2.12. The van der Waals surface area contributed by atoms with Crippen LogP contribution in [0, 0.1) is 0 Å². The summed E-state index contributed by atoms with van der Waals surface area (Å²) in [5.41, 5.74) is 0.523. The molecule has 138 valence electrons. The number of nitrogens with one attached hydrogen (secondary N) is 2. The second-order valence-electron chi connectivity index (χ2n) is 6.53. The molecule has 0 radical (unpaired) electrons. The van der Waals surface area contributed by atoms with E-state index >= 15 is 0 Å². The van der Waals surface area contributed by atoms with E-state index in [0.717, 1.165) is 24.8 Å². The van der Waals surface area contributed by atoms with Crippen LogP contribution in [0.3, 0.4) is 0 Å². The monoisotopic (exact) mass is 364 g/mol. The number of hydrogen-bond donors (Lipinski definition) is 2. The Balaban J connectivity index is 1.47. The molecule has 6 nitrogen and oxygen atoms in total. The summed E-state index contributed by atoms with van der Waals surface area (Å²) in [5, 5.41) is 4.07. The third kappa shape index (κ3) is 4.01. The van der Waals surface area contributed by atoms with Crippen molar-refractivity contribution in [1.82, 2.24) is 4.98 Å². The molecule has 0 bridgehead atoms. The smallest absolute Gasteiger partial charge is 0.272 e. The number of aromatic amines is 1. The largest absolute Gasteiger partial charge is 0.491 e. The molecule has 2 heterocycles. The van der Waals surface area contributed by atoms with Gasteiger partial charge in [0.2, 0.25) is 0 Å². The van der Waals surface area contributed by atoms with Crippen LogP contribution in [-0.2, 0) is 4.74 Å². The van der Waals surface area contributed by atoms with E-state index in [1.54, 1.807) is 36.4 Å². The summed E-state index contributed by atoms with van der Waals surface area (Å²) in [7, 11) is 0. The van der Waals surface area contributed by atoms with Gasteiger partial charge in [0.05, 0.1) is 6.10 Å². The lowest BCUT2D eigenvalue weighted by atomic mass is 10.1. The van der Waals surface area contributed by atoms with Gasteiger partial charge >= 0.3 is 0 Å². The molecule has 3 aromatic rings. The molecule has 1 aliphatic heterocycles. The van der Waals surface area contributed by atoms with E-state index in [-0.39, 0.29) is 23.3 Å². The van der Waals surface area contributed by atoms with Crippen LogP contribution in [0.25, 0.3) is 10.8 Å². The van der Waals surface area contributed by atoms with Gasteiger partial charge in [-0.2, -0.15) is 0 Å². The van der Waals surface area contributed by atoms with E-state index in [2.05, 4.69) is 10.3 Å². The molecule has 1 saturated heterocycles. The van der Waals surface area contributed by atoms with E-state index in [1.165, 1.54) is 0 Å². The van der Waals surface area contributed by atoms with Crippen molar-refractivity contribution < 1.29 is 14.3 Å². The highest BCUT2D eigenvalue weighted by atomic mass is 16.5. The number of fused-ring (bicyclic) bond motifs is 1. The Labute approximate surface area is 156 Å². The van der Waals surface area contributed by atoms with Crippen molar-refractivity contribution in [3.05, 3.63) is 70.6 Å². The second-order valence-corrected chi connectivity index (χ2v) is 6.53. The van der Waals surface area contributed by atoms with Gasteiger partial charge in [-0.05, 0) is 42.5 Å².